The second kappa shape index (κ2) is 7.04. The van der Waals surface area contributed by atoms with Crippen LogP contribution in [-0.4, -0.2) is 68.5 Å². The minimum atomic E-state index is -3.57. The number of nitrogens with one attached hydrogen (secondary N) is 1. The largest absolute Gasteiger partial charge is 0.481 e. The maximum atomic E-state index is 12.3. The molecule has 0 aromatic heterocycles. The monoisotopic (exact) mass is 319 g/mol. The topological polar surface area (TPSA) is 90.0 Å². The molecule has 2 unspecified atom stereocenters. The van der Waals surface area contributed by atoms with Crippen molar-refractivity contribution >= 4 is 16.2 Å². The third kappa shape index (κ3) is 4.64. The summed E-state index contributed by atoms with van der Waals surface area (Å²) in [5.41, 5.74) is 0. The normalized spacial score (nSPS) is 29.4. The van der Waals surface area contributed by atoms with Crippen molar-refractivity contribution < 1.29 is 18.3 Å². The molecule has 8 heteroatoms. The van der Waals surface area contributed by atoms with Gasteiger partial charge in [0.15, 0.2) is 0 Å². The molecule has 0 bridgehead atoms. The highest BCUT2D eigenvalue weighted by Crippen LogP contribution is 2.19. The molecule has 2 saturated heterocycles. The van der Waals surface area contributed by atoms with E-state index in [1.54, 1.807) is 0 Å². The number of aliphatic carboxylic acids is 1. The van der Waals surface area contributed by atoms with Gasteiger partial charge < -0.3 is 10.0 Å². The van der Waals surface area contributed by atoms with E-state index in [0.29, 0.717) is 31.8 Å². The molecule has 0 aromatic carbocycles. The van der Waals surface area contributed by atoms with E-state index in [-0.39, 0.29) is 6.54 Å². The number of hydrogen-bond donors (Lipinski definition) is 2. The predicted molar refractivity (Wildman–Crippen MR) is 79.1 cm³/mol. The molecule has 2 aliphatic heterocycles. The Balaban J connectivity index is 1.87. The molecule has 21 heavy (non-hydrogen) atoms. The summed E-state index contributed by atoms with van der Waals surface area (Å²) in [6, 6.07) is 0. The van der Waals surface area contributed by atoms with Crippen LogP contribution in [0.4, 0.5) is 0 Å². The SMILES string of the molecule is CN1CCCC(CNS(=O)(=O)N2CCCC(C(=O)O)C2)C1. The second-order valence-corrected chi connectivity index (χ2v) is 7.91. The predicted octanol–water partition coefficient (Wildman–Crippen LogP) is -0.0408. The number of carboxylic acids is 1. The molecular weight excluding hydrogens is 294 g/mol. The molecule has 0 aromatic rings. The van der Waals surface area contributed by atoms with Crippen molar-refractivity contribution in [3.8, 4) is 0 Å². The lowest BCUT2D eigenvalue weighted by atomic mass is 9.99. The van der Waals surface area contributed by atoms with Crippen LogP contribution in [0.5, 0.6) is 0 Å². The zero-order valence-corrected chi connectivity index (χ0v) is 13.3. The van der Waals surface area contributed by atoms with Crippen LogP contribution in [0.25, 0.3) is 0 Å². The lowest BCUT2D eigenvalue weighted by molar-refractivity contribution is -0.142. The molecule has 0 radical (unpaired) electrons. The van der Waals surface area contributed by atoms with E-state index in [2.05, 4.69) is 9.62 Å². The first-order chi connectivity index (χ1) is 9.88. The molecule has 0 saturated carbocycles. The number of carbonyl (C=O) groups is 1. The summed E-state index contributed by atoms with van der Waals surface area (Å²) in [4.78, 5) is 13.2. The Kier molecular flexibility index (Phi) is 5.59. The average Bonchev–Trinajstić information content (AvgIpc) is 2.45. The van der Waals surface area contributed by atoms with Crippen LogP contribution in [-0.2, 0) is 15.0 Å². The Morgan fingerprint density at radius 1 is 1.24 bits per heavy atom. The van der Waals surface area contributed by atoms with Gasteiger partial charge in [0, 0.05) is 26.2 Å². The van der Waals surface area contributed by atoms with Gasteiger partial charge in [-0.3, -0.25) is 4.79 Å². The number of carboxylic acid groups (broad SMARTS) is 1. The van der Waals surface area contributed by atoms with E-state index >= 15 is 0 Å². The van der Waals surface area contributed by atoms with Crippen LogP contribution >= 0.6 is 0 Å². The highest BCUT2D eigenvalue weighted by Gasteiger charge is 2.32. The lowest BCUT2D eigenvalue weighted by Crippen LogP contribution is -2.49. The smallest absolute Gasteiger partial charge is 0.307 e. The summed E-state index contributed by atoms with van der Waals surface area (Å²) in [6.07, 6.45) is 3.27. The van der Waals surface area contributed by atoms with Crippen LogP contribution in [0.1, 0.15) is 25.7 Å². The fourth-order valence-corrected chi connectivity index (χ4v) is 4.49. The molecule has 7 nitrogen and oxygen atoms in total. The molecule has 2 atom stereocenters. The number of nitrogens with zero attached hydrogens (tertiary/aromatic N) is 2. The highest BCUT2D eigenvalue weighted by atomic mass is 32.2. The minimum Gasteiger partial charge on any atom is -0.481 e. The van der Waals surface area contributed by atoms with Crippen molar-refractivity contribution in [1.82, 2.24) is 13.9 Å². The fourth-order valence-electron chi connectivity index (χ4n) is 3.12. The number of piperidine rings is 2. The van der Waals surface area contributed by atoms with Gasteiger partial charge in [-0.05, 0) is 45.2 Å². The van der Waals surface area contributed by atoms with Gasteiger partial charge in [0.1, 0.15) is 0 Å². The summed E-state index contributed by atoms with van der Waals surface area (Å²) in [7, 11) is -1.52. The molecule has 2 fully saturated rings. The van der Waals surface area contributed by atoms with Gasteiger partial charge in [0.25, 0.3) is 10.2 Å². The standard InChI is InChI=1S/C13H25N3O4S/c1-15-6-2-4-11(9-15)8-14-21(19,20)16-7-3-5-12(10-16)13(17)18/h11-12,14H,2-10H2,1H3,(H,17,18). The summed E-state index contributed by atoms with van der Waals surface area (Å²) in [5.74, 6) is -1.17. The molecule has 2 rings (SSSR count). The van der Waals surface area contributed by atoms with Gasteiger partial charge >= 0.3 is 5.97 Å². The van der Waals surface area contributed by atoms with Crippen LogP contribution in [0.3, 0.4) is 0 Å². The summed E-state index contributed by atoms with van der Waals surface area (Å²) in [5, 5.41) is 9.04. The van der Waals surface area contributed by atoms with Gasteiger partial charge in [0.2, 0.25) is 0 Å². The molecular formula is C13H25N3O4S. The minimum absolute atomic E-state index is 0.0786. The van der Waals surface area contributed by atoms with Gasteiger partial charge in [0.05, 0.1) is 5.92 Å². The second-order valence-electron chi connectivity index (χ2n) is 6.16. The van der Waals surface area contributed by atoms with Crippen LogP contribution < -0.4 is 4.72 Å². The van der Waals surface area contributed by atoms with Crippen molar-refractivity contribution in [2.75, 3.05) is 39.8 Å². The summed E-state index contributed by atoms with van der Waals surface area (Å²) >= 11 is 0. The molecule has 2 heterocycles. The van der Waals surface area contributed by atoms with Crippen molar-refractivity contribution in [2.24, 2.45) is 11.8 Å². The molecule has 2 N–H and O–H groups in total. The van der Waals surface area contributed by atoms with Gasteiger partial charge in [-0.2, -0.15) is 12.7 Å². The third-order valence-corrected chi connectivity index (χ3v) is 5.89. The van der Waals surface area contributed by atoms with Gasteiger partial charge in [-0.25, -0.2) is 4.72 Å². The Morgan fingerprint density at radius 3 is 2.62 bits per heavy atom. The van der Waals surface area contributed by atoms with Crippen molar-refractivity contribution in [2.45, 2.75) is 25.7 Å². The zero-order valence-electron chi connectivity index (χ0n) is 12.5. The van der Waals surface area contributed by atoms with Crippen molar-refractivity contribution in [3.05, 3.63) is 0 Å². The third-order valence-electron chi connectivity index (χ3n) is 4.35. The molecule has 0 spiro atoms. The van der Waals surface area contributed by atoms with Gasteiger partial charge in [-0.1, -0.05) is 0 Å². The Morgan fingerprint density at radius 2 is 1.95 bits per heavy atom. The van der Waals surface area contributed by atoms with Gasteiger partial charge in [-0.15, -0.1) is 0 Å². The maximum absolute atomic E-state index is 12.3. The Labute approximate surface area is 126 Å². The number of hydrogen-bond acceptors (Lipinski definition) is 4. The van der Waals surface area contributed by atoms with Crippen LogP contribution in [0.2, 0.25) is 0 Å². The molecule has 0 aliphatic carbocycles. The molecule has 2 aliphatic rings. The Hall–Kier alpha value is -0.700. The van der Waals surface area contributed by atoms with Crippen LogP contribution in [0.15, 0.2) is 0 Å². The Bertz CT molecular complexity index is 468. The van der Waals surface area contributed by atoms with E-state index in [4.69, 9.17) is 5.11 Å². The van der Waals surface area contributed by atoms with Crippen molar-refractivity contribution in [1.29, 1.82) is 0 Å². The summed E-state index contributed by atoms with van der Waals surface area (Å²) in [6.45, 7) is 2.88. The maximum Gasteiger partial charge on any atom is 0.307 e. The van der Waals surface area contributed by atoms with E-state index in [9.17, 15) is 13.2 Å². The van der Waals surface area contributed by atoms with Crippen molar-refractivity contribution in [3.63, 3.8) is 0 Å². The van der Waals surface area contributed by atoms with E-state index in [0.717, 1.165) is 25.9 Å². The lowest BCUT2D eigenvalue weighted by Gasteiger charge is -2.32. The zero-order chi connectivity index (χ0) is 15.5. The summed E-state index contributed by atoms with van der Waals surface area (Å²) < 4.78 is 28.5. The first kappa shape index (κ1) is 16.7. The van der Waals surface area contributed by atoms with E-state index in [1.807, 2.05) is 7.05 Å². The average molecular weight is 319 g/mol. The molecule has 122 valence electrons. The van der Waals surface area contributed by atoms with Crippen LogP contribution in [0, 0.1) is 11.8 Å². The van der Waals surface area contributed by atoms with E-state index in [1.165, 1.54) is 4.31 Å². The quantitative estimate of drug-likeness (QED) is 0.742. The number of rotatable bonds is 5. The number of likely N-dealkylation sites (tertiary alicyclic amines) is 1. The van der Waals surface area contributed by atoms with E-state index < -0.39 is 22.1 Å². The highest BCUT2D eigenvalue weighted by molar-refractivity contribution is 7.87. The fraction of sp³-hybridized carbons (Fsp3) is 0.923. The first-order valence-electron chi connectivity index (χ1n) is 7.54. The first-order valence-corrected chi connectivity index (χ1v) is 8.98. The molecule has 0 amide bonds.